The van der Waals surface area contributed by atoms with Gasteiger partial charge < -0.3 is 4.74 Å². The topological polar surface area (TPSA) is 9.23 Å². The number of halogens is 1. The summed E-state index contributed by atoms with van der Waals surface area (Å²) in [7, 11) is 1.73. The summed E-state index contributed by atoms with van der Waals surface area (Å²) >= 11 is 5.82. The minimum Gasteiger partial charge on any atom is -0.385 e. The summed E-state index contributed by atoms with van der Waals surface area (Å²) in [5, 5.41) is 0. The molecule has 0 aromatic carbocycles. The molecule has 0 aliphatic heterocycles. The third-order valence-electron chi connectivity index (χ3n) is 2.14. The van der Waals surface area contributed by atoms with Gasteiger partial charge >= 0.3 is 0 Å². The zero-order valence-electron chi connectivity index (χ0n) is 8.11. The van der Waals surface area contributed by atoms with Crippen molar-refractivity contribution in [1.29, 1.82) is 0 Å². The van der Waals surface area contributed by atoms with E-state index < -0.39 is 0 Å². The van der Waals surface area contributed by atoms with Gasteiger partial charge in [0.2, 0.25) is 0 Å². The molecule has 0 aromatic heterocycles. The molecule has 72 valence electrons. The Bertz CT molecular complexity index is 125. The minimum atomic E-state index is 0.106. The molecular weight excluding hydrogens is 172 g/mol. The van der Waals surface area contributed by atoms with Crippen molar-refractivity contribution in [3.8, 4) is 0 Å². The maximum Gasteiger partial charge on any atom is 0.0462 e. The summed E-state index contributed by atoms with van der Waals surface area (Å²) in [6, 6.07) is 0. The third kappa shape index (κ3) is 4.78. The Kier molecular flexibility index (Phi) is 6.49. The van der Waals surface area contributed by atoms with Crippen molar-refractivity contribution in [1.82, 2.24) is 0 Å². The summed E-state index contributed by atoms with van der Waals surface area (Å²) in [5.74, 6) is 0.656. The fourth-order valence-corrected chi connectivity index (χ4v) is 1.24. The molecule has 0 bridgehead atoms. The van der Waals surface area contributed by atoms with Gasteiger partial charge in [-0.1, -0.05) is 19.4 Å². The van der Waals surface area contributed by atoms with Crippen LogP contribution in [0.4, 0.5) is 0 Å². The van der Waals surface area contributed by atoms with E-state index in [9.17, 15) is 0 Å². The normalized spacial score (nSPS) is 15.6. The standard InChI is InChI=1S/C10H19ClO/c1-4-10(2,9-11)7-5-6-8-12-3/h4H,1,5-9H2,2-3H3. The van der Waals surface area contributed by atoms with Gasteiger partial charge in [0.1, 0.15) is 0 Å². The number of unbranched alkanes of at least 4 members (excludes halogenated alkanes) is 1. The van der Waals surface area contributed by atoms with E-state index in [1.807, 2.05) is 6.08 Å². The van der Waals surface area contributed by atoms with Gasteiger partial charge in [0, 0.05) is 19.6 Å². The number of methoxy groups -OCH3 is 1. The van der Waals surface area contributed by atoms with Gasteiger partial charge in [0.15, 0.2) is 0 Å². The Hall–Kier alpha value is -0.0100. The van der Waals surface area contributed by atoms with Crippen LogP contribution in [-0.4, -0.2) is 19.6 Å². The SMILES string of the molecule is C=CC(C)(CCl)CCCCOC. The fourth-order valence-electron chi connectivity index (χ4n) is 0.999. The van der Waals surface area contributed by atoms with Gasteiger partial charge in [-0.2, -0.15) is 0 Å². The Labute approximate surface area is 80.8 Å². The number of allylic oxidation sites excluding steroid dienone is 1. The Morgan fingerprint density at radius 3 is 2.58 bits per heavy atom. The molecule has 1 atom stereocenters. The van der Waals surface area contributed by atoms with E-state index in [0.29, 0.717) is 5.88 Å². The van der Waals surface area contributed by atoms with Gasteiger partial charge in [-0.15, -0.1) is 18.2 Å². The van der Waals surface area contributed by atoms with E-state index in [1.165, 1.54) is 0 Å². The lowest BCUT2D eigenvalue weighted by Gasteiger charge is -2.22. The van der Waals surface area contributed by atoms with Crippen molar-refractivity contribution in [2.75, 3.05) is 19.6 Å². The highest BCUT2D eigenvalue weighted by Crippen LogP contribution is 2.26. The van der Waals surface area contributed by atoms with Crippen LogP contribution >= 0.6 is 11.6 Å². The van der Waals surface area contributed by atoms with Gasteiger partial charge in [0.25, 0.3) is 0 Å². The first-order valence-corrected chi connectivity index (χ1v) is 4.90. The third-order valence-corrected chi connectivity index (χ3v) is 2.75. The Morgan fingerprint density at radius 2 is 2.17 bits per heavy atom. The zero-order valence-corrected chi connectivity index (χ0v) is 8.86. The van der Waals surface area contributed by atoms with Crippen molar-refractivity contribution in [2.45, 2.75) is 26.2 Å². The second kappa shape index (κ2) is 6.50. The number of hydrogen-bond acceptors (Lipinski definition) is 1. The fraction of sp³-hybridized carbons (Fsp3) is 0.800. The minimum absolute atomic E-state index is 0.106. The molecule has 0 fully saturated rings. The summed E-state index contributed by atoms with van der Waals surface area (Å²) in [6.45, 7) is 6.77. The lowest BCUT2D eigenvalue weighted by Crippen LogP contribution is -2.14. The molecule has 0 aliphatic rings. The van der Waals surface area contributed by atoms with Crippen LogP contribution < -0.4 is 0 Å². The van der Waals surface area contributed by atoms with E-state index in [0.717, 1.165) is 25.9 Å². The number of hydrogen-bond donors (Lipinski definition) is 0. The molecule has 0 saturated carbocycles. The predicted molar refractivity (Wildman–Crippen MR) is 54.8 cm³/mol. The zero-order chi connectivity index (χ0) is 9.45. The molecule has 0 spiro atoms. The average molecular weight is 191 g/mol. The number of alkyl halides is 1. The second-order valence-corrected chi connectivity index (χ2v) is 3.71. The summed E-state index contributed by atoms with van der Waals surface area (Å²) in [5.41, 5.74) is 0.106. The lowest BCUT2D eigenvalue weighted by atomic mass is 9.87. The van der Waals surface area contributed by atoms with E-state index in [-0.39, 0.29) is 5.41 Å². The first-order chi connectivity index (χ1) is 5.68. The molecule has 0 N–H and O–H groups in total. The van der Waals surface area contributed by atoms with E-state index in [2.05, 4.69) is 13.5 Å². The monoisotopic (exact) mass is 190 g/mol. The quantitative estimate of drug-likeness (QED) is 0.340. The van der Waals surface area contributed by atoms with Crippen molar-refractivity contribution >= 4 is 11.6 Å². The van der Waals surface area contributed by atoms with E-state index in [4.69, 9.17) is 16.3 Å². The molecule has 0 aromatic rings. The molecule has 2 heteroatoms. The van der Waals surface area contributed by atoms with Crippen LogP contribution in [-0.2, 0) is 4.74 Å². The van der Waals surface area contributed by atoms with Gasteiger partial charge in [-0.25, -0.2) is 0 Å². The van der Waals surface area contributed by atoms with Crippen molar-refractivity contribution in [3.05, 3.63) is 12.7 Å². The molecule has 0 rings (SSSR count). The highest BCUT2D eigenvalue weighted by Gasteiger charge is 2.17. The molecule has 0 saturated heterocycles. The largest absolute Gasteiger partial charge is 0.385 e. The lowest BCUT2D eigenvalue weighted by molar-refractivity contribution is 0.189. The molecule has 0 radical (unpaired) electrons. The van der Waals surface area contributed by atoms with Crippen LogP contribution in [0.1, 0.15) is 26.2 Å². The van der Waals surface area contributed by atoms with Crippen LogP contribution in [0.15, 0.2) is 12.7 Å². The Balaban J connectivity index is 3.51. The highest BCUT2D eigenvalue weighted by atomic mass is 35.5. The molecule has 1 unspecified atom stereocenters. The summed E-state index contributed by atoms with van der Waals surface area (Å²) in [4.78, 5) is 0. The maximum atomic E-state index is 5.82. The molecule has 0 heterocycles. The molecule has 12 heavy (non-hydrogen) atoms. The van der Waals surface area contributed by atoms with Crippen molar-refractivity contribution < 1.29 is 4.74 Å². The average Bonchev–Trinajstić information content (AvgIpc) is 2.12. The molecule has 0 amide bonds. The van der Waals surface area contributed by atoms with Gasteiger partial charge in [-0.3, -0.25) is 0 Å². The van der Waals surface area contributed by atoms with E-state index in [1.54, 1.807) is 7.11 Å². The van der Waals surface area contributed by atoms with E-state index >= 15 is 0 Å². The van der Waals surface area contributed by atoms with Gasteiger partial charge in [0.05, 0.1) is 0 Å². The van der Waals surface area contributed by atoms with Crippen molar-refractivity contribution in [2.24, 2.45) is 5.41 Å². The number of ether oxygens (including phenoxy) is 1. The summed E-state index contributed by atoms with van der Waals surface area (Å²) < 4.78 is 4.97. The first-order valence-electron chi connectivity index (χ1n) is 4.37. The maximum absolute atomic E-state index is 5.82. The summed E-state index contributed by atoms with van der Waals surface area (Å²) in [6.07, 6.45) is 5.32. The predicted octanol–water partition coefficient (Wildman–Crippen LogP) is 3.23. The molecular formula is C10H19ClO. The number of rotatable bonds is 7. The van der Waals surface area contributed by atoms with Crippen LogP contribution in [0.3, 0.4) is 0 Å². The first kappa shape index (κ1) is 12.0. The van der Waals surface area contributed by atoms with Crippen LogP contribution in [0, 0.1) is 5.41 Å². The second-order valence-electron chi connectivity index (χ2n) is 3.44. The van der Waals surface area contributed by atoms with Crippen molar-refractivity contribution in [3.63, 3.8) is 0 Å². The Morgan fingerprint density at radius 1 is 1.50 bits per heavy atom. The van der Waals surface area contributed by atoms with Crippen LogP contribution in [0.25, 0.3) is 0 Å². The molecule has 1 nitrogen and oxygen atoms in total. The van der Waals surface area contributed by atoms with Gasteiger partial charge in [-0.05, 0) is 18.3 Å². The molecule has 0 aliphatic carbocycles. The highest BCUT2D eigenvalue weighted by molar-refractivity contribution is 6.18. The smallest absolute Gasteiger partial charge is 0.0462 e. The van der Waals surface area contributed by atoms with Crippen LogP contribution in [0.2, 0.25) is 0 Å². The van der Waals surface area contributed by atoms with Crippen LogP contribution in [0.5, 0.6) is 0 Å².